The molecule has 2 nitrogen and oxygen atoms in total. The van der Waals surface area contributed by atoms with Crippen molar-refractivity contribution in [2.24, 2.45) is 17.8 Å². The van der Waals surface area contributed by atoms with Gasteiger partial charge in [0.1, 0.15) is 0 Å². The number of benzene rings is 1. The zero-order valence-electron chi connectivity index (χ0n) is 13.7. The molecule has 1 aromatic rings. The number of thioether (sulfide) groups is 1. The minimum Gasteiger partial charge on any atom is -0.311 e. The lowest BCUT2D eigenvalue weighted by Gasteiger charge is -2.56. The third kappa shape index (κ3) is 2.43. The lowest BCUT2D eigenvalue weighted by atomic mass is 9.56. The van der Waals surface area contributed by atoms with E-state index >= 15 is 0 Å². The van der Waals surface area contributed by atoms with Crippen LogP contribution in [0.25, 0.3) is 0 Å². The van der Waals surface area contributed by atoms with Gasteiger partial charge in [-0.05, 0) is 74.3 Å². The molecule has 1 aliphatic heterocycles. The lowest BCUT2D eigenvalue weighted by Crippen LogP contribution is -2.49. The topological polar surface area (TPSA) is 20.3 Å². The summed E-state index contributed by atoms with van der Waals surface area (Å²) in [5.74, 6) is 3.92. The van der Waals surface area contributed by atoms with Crippen LogP contribution in [0, 0.1) is 17.8 Å². The Morgan fingerprint density at radius 1 is 1.09 bits per heavy atom. The van der Waals surface area contributed by atoms with Gasteiger partial charge in [0.2, 0.25) is 5.91 Å². The van der Waals surface area contributed by atoms with E-state index in [1.54, 1.807) is 0 Å². The van der Waals surface area contributed by atoms with Crippen molar-refractivity contribution in [1.82, 2.24) is 0 Å². The predicted octanol–water partition coefficient (Wildman–Crippen LogP) is 4.28. The van der Waals surface area contributed by atoms with Crippen LogP contribution in [0.15, 0.2) is 24.3 Å². The highest BCUT2D eigenvalue weighted by Crippen LogP contribution is 2.60. The molecule has 23 heavy (non-hydrogen) atoms. The summed E-state index contributed by atoms with van der Waals surface area (Å²) in [5, 5.41) is 0. The fourth-order valence-corrected chi connectivity index (χ4v) is 7.74. The molecule has 0 radical (unpaired) electrons. The summed E-state index contributed by atoms with van der Waals surface area (Å²) < 4.78 is 0.448. The molecule has 1 aromatic carbocycles. The normalized spacial score (nSPS) is 37.2. The number of rotatable bonds is 3. The summed E-state index contributed by atoms with van der Waals surface area (Å²) in [6.45, 7) is 0.875. The Labute approximate surface area is 143 Å². The molecular formula is C20H25NOS. The van der Waals surface area contributed by atoms with Crippen molar-refractivity contribution < 1.29 is 4.79 Å². The molecule has 0 saturated heterocycles. The molecule has 0 atom stereocenters. The largest absolute Gasteiger partial charge is 0.311 e. The second kappa shape index (κ2) is 5.27. The van der Waals surface area contributed by atoms with Gasteiger partial charge in [0, 0.05) is 17.0 Å². The molecule has 6 rings (SSSR count). The van der Waals surface area contributed by atoms with Gasteiger partial charge in [-0.2, -0.15) is 0 Å². The van der Waals surface area contributed by atoms with Crippen LogP contribution in [0.5, 0.6) is 0 Å². The first-order chi connectivity index (χ1) is 11.2. The highest BCUT2D eigenvalue weighted by Gasteiger charge is 2.51. The Balaban J connectivity index is 1.27. The van der Waals surface area contributed by atoms with Gasteiger partial charge in [0.15, 0.2) is 0 Å². The number of carbonyl (C=O) groups excluding carboxylic acids is 1. The van der Waals surface area contributed by atoms with Gasteiger partial charge in [-0.25, -0.2) is 0 Å². The lowest BCUT2D eigenvalue weighted by molar-refractivity contribution is -0.116. The average molecular weight is 327 g/mol. The smallest absolute Gasteiger partial charge is 0.237 e. The monoisotopic (exact) mass is 327 g/mol. The summed E-state index contributed by atoms with van der Waals surface area (Å²) in [7, 11) is 0. The van der Waals surface area contributed by atoms with Gasteiger partial charge in [0.05, 0.1) is 5.75 Å². The molecule has 4 bridgehead atoms. The van der Waals surface area contributed by atoms with Crippen LogP contribution < -0.4 is 4.90 Å². The van der Waals surface area contributed by atoms with Gasteiger partial charge >= 0.3 is 0 Å². The highest BCUT2D eigenvalue weighted by atomic mass is 32.2. The Morgan fingerprint density at radius 3 is 2.43 bits per heavy atom. The maximum atomic E-state index is 12.8. The number of nitrogens with zero attached hydrogens (tertiary/aromatic N) is 1. The molecule has 4 fully saturated rings. The zero-order chi connectivity index (χ0) is 15.4. The van der Waals surface area contributed by atoms with Crippen LogP contribution in [0.1, 0.15) is 44.1 Å². The van der Waals surface area contributed by atoms with Crippen molar-refractivity contribution in [2.75, 3.05) is 17.2 Å². The molecule has 1 heterocycles. The Bertz CT molecular complexity index is 605. The van der Waals surface area contributed by atoms with E-state index in [-0.39, 0.29) is 0 Å². The first kappa shape index (κ1) is 14.4. The number of fused-ring (bicyclic) bond motifs is 1. The van der Waals surface area contributed by atoms with E-state index in [1.807, 2.05) is 16.7 Å². The van der Waals surface area contributed by atoms with Crippen LogP contribution in [-0.2, 0) is 11.2 Å². The van der Waals surface area contributed by atoms with Crippen molar-refractivity contribution in [2.45, 2.75) is 49.7 Å². The van der Waals surface area contributed by atoms with Crippen molar-refractivity contribution in [3.8, 4) is 0 Å². The van der Waals surface area contributed by atoms with Crippen molar-refractivity contribution in [3.63, 3.8) is 0 Å². The number of anilines is 1. The number of amides is 1. The van der Waals surface area contributed by atoms with Gasteiger partial charge < -0.3 is 4.90 Å². The van der Waals surface area contributed by atoms with Gasteiger partial charge in [-0.15, -0.1) is 11.8 Å². The molecule has 4 saturated carbocycles. The average Bonchev–Trinajstić information content (AvgIpc) is 2.95. The zero-order valence-corrected chi connectivity index (χ0v) is 14.5. The quantitative estimate of drug-likeness (QED) is 0.826. The van der Waals surface area contributed by atoms with E-state index in [9.17, 15) is 4.79 Å². The van der Waals surface area contributed by atoms with Crippen LogP contribution in [0.2, 0.25) is 0 Å². The van der Waals surface area contributed by atoms with E-state index in [4.69, 9.17) is 0 Å². The number of para-hydroxylation sites is 1. The molecule has 4 aliphatic carbocycles. The van der Waals surface area contributed by atoms with Crippen molar-refractivity contribution in [1.29, 1.82) is 0 Å². The SMILES string of the molecule is O=C(CSC12CC3CC(CC(C3)C1)C2)N1CCc2ccccc21. The van der Waals surface area contributed by atoms with Crippen LogP contribution in [-0.4, -0.2) is 23.0 Å². The van der Waals surface area contributed by atoms with E-state index in [0.29, 0.717) is 16.4 Å². The fourth-order valence-electron chi connectivity index (χ4n) is 6.10. The summed E-state index contributed by atoms with van der Waals surface area (Å²) in [6.07, 6.45) is 9.60. The molecule has 1 amide bonds. The molecule has 0 spiro atoms. The molecule has 5 aliphatic rings. The molecular weight excluding hydrogens is 302 g/mol. The van der Waals surface area contributed by atoms with Crippen LogP contribution >= 0.6 is 11.8 Å². The van der Waals surface area contributed by atoms with Gasteiger partial charge in [-0.1, -0.05) is 18.2 Å². The maximum absolute atomic E-state index is 12.8. The van der Waals surface area contributed by atoms with Gasteiger partial charge in [0.25, 0.3) is 0 Å². The summed E-state index contributed by atoms with van der Waals surface area (Å²) in [5.41, 5.74) is 2.49. The minimum absolute atomic E-state index is 0.329. The molecule has 3 heteroatoms. The Kier molecular flexibility index (Phi) is 3.30. The minimum atomic E-state index is 0.329. The summed E-state index contributed by atoms with van der Waals surface area (Å²) in [6, 6.07) is 8.40. The van der Waals surface area contributed by atoms with E-state index in [0.717, 1.165) is 36.4 Å². The first-order valence-corrected chi connectivity index (χ1v) is 10.2. The molecule has 0 N–H and O–H groups in total. The maximum Gasteiger partial charge on any atom is 0.237 e. The molecule has 122 valence electrons. The van der Waals surface area contributed by atoms with Crippen LogP contribution in [0.4, 0.5) is 5.69 Å². The first-order valence-electron chi connectivity index (χ1n) is 9.23. The van der Waals surface area contributed by atoms with Crippen LogP contribution in [0.3, 0.4) is 0 Å². The second-order valence-electron chi connectivity index (χ2n) is 8.31. The highest BCUT2D eigenvalue weighted by molar-refractivity contribution is 8.01. The van der Waals surface area contributed by atoms with E-state index in [2.05, 4.69) is 24.3 Å². The number of carbonyl (C=O) groups is 1. The number of hydrogen-bond acceptors (Lipinski definition) is 2. The third-order valence-electron chi connectivity index (χ3n) is 6.67. The van der Waals surface area contributed by atoms with Crippen molar-refractivity contribution >= 4 is 23.4 Å². The third-order valence-corrected chi connectivity index (χ3v) is 8.18. The second-order valence-corrected chi connectivity index (χ2v) is 9.76. The van der Waals surface area contributed by atoms with Crippen molar-refractivity contribution in [3.05, 3.63) is 29.8 Å². The molecule has 0 unspecified atom stereocenters. The Morgan fingerprint density at radius 2 is 1.74 bits per heavy atom. The predicted molar refractivity (Wildman–Crippen MR) is 95.9 cm³/mol. The van der Waals surface area contributed by atoms with E-state index in [1.165, 1.54) is 44.1 Å². The summed E-state index contributed by atoms with van der Waals surface area (Å²) >= 11 is 2.01. The molecule has 0 aromatic heterocycles. The van der Waals surface area contributed by atoms with Gasteiger partial charge in [-0.3, -0.25) is 4.79 Å². The fraction of sp³-hybridized carbons (Fsp3) is 0.650. The Hall–Kier alpha value is -0.960. The standard InChI is InChI=1S/C20H25NOS/c22-19(21-6-5-17-3-1-2-4-18(17)21)13-23-20-10-14-7-15(11-20)9-16(8-14)12-20/h1-4,14-16H,5-13H2. The number of hydrogen-bond donors (Lipinski definition) is 0. The summed E-state index contributed by atoms with van der Waals surface area (Å²) in [4.78, 5) is 14.8. The van der Waals surface area contributed by atoms with E-state index < -0.39 is 0 Å².